The normalized spacial score (nSPS) is 17.6. The van der Waals surface area contributed by atoms with E-state index in [1.54, 1.807) is 12.1 Å². The molecule has 0 unspecified atom stereocenters. The average molecular weight is 654 g/mol. The summed E-state index contributed by atoms with van der Waals surface area (Å²) < 4.78 is 36.6. The van der Waals surface area contributed by atoms with Gasteiger partial charge in [-0.3, -0.25) is 14.4 Å². The number of carbonyl (C=O) groups excluding carboxylic acids is 3. The molecule has 1 fully saturated rings. The molecule has 6 nitrogen and oxygen atoms in total. The highest BCUT2D eigenvalue weighted by Gasteiger charge is 2.67. The average Bonchev–Trinajstić information content (AvgIpc) is 3.45. The molecule has 3 aromatic carbocycles. The lowest BCUT2D eigenvalue weighted by atomic mass is 10.1. The fourth-order valence-electron chi connectivity index (χ4n) is 4.09. The van der Waals surface area contributed by atoms with Crippen LogP contribution in [-0.4, -0.2) is 35.3 Å². The van der Waals surface area contributed by atoms with Crippen molar-refractivity contribution in [3.63, 3.8) is 0 Å². The molecule has 0 aliphatic heterocycles. The van der Waals surface area contributed by atoms with Crippen LogP contribution in [0.5, 0.6) is 0 Å². The SMILES string of the molecule is CN(C(=O)C(F)(F)F)c1ccc(NC(=O)c2cc(NC(=O)[C@H]3[C@H](c4cc(Cl)cc(Cl)c4)C3(Cl)Cl)ccc2Cl)cc1. The first-order chi connectivity index (χ1) is 18.6. The number of rotatable bonds is 6. The highest BCUT2D eigenvalue weighted by atomic mass is 35.5. The molecule has 0 bridgehead atoms. The Balaban J connectivity index is 1.45. The first-order valence-electron chi connectivity index (χ1n) is 11.3. The predicted molar refractivity (Wildman–Crippen MR) is 151 cm³/mol. The van der Waals surface area contributed by atoms with E-state index in [1.165, 1.54) is 48.5 Å². The van der Waals surface area contributed by atoms with E-state index in [1.807, 2.05) is 0 Å². The summed E-state index contributed by atoms with van der Waals surface area (Å²) in [4.78, 5) is 37.8. The van der Waals surface area contributed by atoms with Crippen molar-refractivity contribution in [3.05, 3.63) is 86.9 Å². The Morgan fingerprint density at radius 3 is 2.00 bits per heavy atom. The summed E-state index contributed by atoms with van der Waals surface area (Å²) in [6, 6.07) is 14.1. The minimum absolute atomic E-state index is 0.00453. The van der Waals surface area contributed by atoms with Crippen molar-refractivity contribution in [3.8, 4) is 0 Å². The van der Waals surface area contributed by atoms with Gasteiger partial charge in [-0.2, -0.15) is 13.2 Å². The summed E-state index contributed by atoms with van der Waals surface area (Å²) in [6.07, 6.45) is -5.03. The van der Waals surface area contributed by atoms with Crippen molar-refractivity contribution in [2.45, 2.75) is 16.4 Å². The van der Waals surface area contributed by atoms with Crippen LogP contribution in [0.15, 0.2) is 60.7 Å². The lowest BCUT2D eigenvalue weighted by Crippen LogP contribution is -2.38. The second kappa shape index (κ2) is 11.3. The largest absolute Gasteiger partial charge is 0.471 e. The van der Waals surface area contributed by atoms with E-state index in [4.69, 9.17) is 58.0 Å². The number of nitrogens with one attached hydrogen (secondary N) is 2. The van der Waals surface area contributed by atoms with E-state index in [9.17, 15) is 27.6 Å². The fraction of sp³-hybridized carbons (Fsp3) is 0.192. The molecule has 1 aliphatic rings. The third kappa shape index (κ3) is 6.44. The van der Waals surface area contributed by atoms with Crippen LogP contribution in [0.2, 0.25) is 15.1 Å². The van der Waals surface area contributed by atoms with Gasteiger partial charge in [-0.15, -0.1) is 23.2 Å². The molecule has 0 heterocycles. The standard InChI is InChI=1S/C26H17Cl5F3N3O3/c1-37(24(40)26(32,33)34)17-5-2-15(3-6-17)35-22(38)18-11-16(4-7-19(18)29)36-23(39)21-20(25(21,30)31)12-8-13(27)10-14(28)9-12/h2-11,20-21H,1H3,(H,35,38)(H,36,39)/t20-,21+/m0/s1. The van der Waals surface area contributed by atoms with Crippen LogP contribution in [0.3, 0.4) is 0 Å². The van der Waals surface area contributed by atoms with Crippen LogP contribution in [0.25, 0.3) is 0 Å². The first kappa shape index (κ1) is 30.3. The second-order valence-electron chi connectivity index (χ2n) is 8.88. The van der Waals surface area contributed by atoms with Crippen LogP contribution >= 0.6 is 58.0 Å². The molecule has 1 saturated carbocycles. The van der Waals surface area contributed by atoms with Gasteiger partial charge >= 0.3 is 12.1 Å². The van der Waals surface area contributed by atoms with Gasteiger partial charge in [0.1, 0.15) is 4.33 Å². The summed E-state index contributed by atoms with van der Waals surface area (Å²) in [7, 11) is 0.982. The first-order valence-corrected chi connectivity index (χ1v) is 13.2. The third-order valence-corrected chi connectivity index (χ3v) is 7.82. The van der Waals surface area contributed by atoms with E-state index in [-0.39, 0.29) is 27.6 Å². The van der Waals surface area contributed by atoms with E-state index in [0.717, 1.165) is 7.05 Å². The number of alkyl halides is 5. The van der Waals surface area contributed by atoms with E-state index >= 15 is 0 Å². The maximum atomic E-state index is 13.0. The number of nitrogens with zero attached hydrogens (tertiary/aromatic N) is 1. The maximum absolute atomic E-state index is 13.0. The predicted octanol–water partition coefficient (Wildman–Crippen LogP) is 7.95. The lowest BCUT2D eigenvalue weighted by molar-refractivity contribution is -0.170. The Morgan fingerprint density at radius 1 is 0.850 bits per heavy atom. The lowest BCUT2D eigenvalue weighted by Gasteiger charge is -2.19. The topological polar surface area (TPSA) is 78.5 Å². The molecule has 0 spiro atoms. The fourth-order valence-corrected chi connectivity index (χ4v) is 5.67. The highest BCUT2D eigenvalue weighted by molar-refractivity contribution is 6.53. The van der Waals surface area contributed by atoms with E-state index < -0.39 is 40.1 Å². The summed E-state index contributed by atoms with van der Waals surface area (Å²) in [5.74, 6) is -4.61. The van der Waals surface area contributed by atoms with Gasteiger partial charge in [0, 0.05) is 40.1 Å². The number of benzene rings is 3. The quantitative estimate of drug-likeness (QED) is 0.265. The molecule has 210 valence electrons. The molecule has 2 N–H and O–H groups in total. The van der Waals surface area contributed by atoms with Crippen molar-refractivity contribution in [1.82, 2.24) is 0 Å². The minimum atomic E-state index is -5.03. The summed E-state index contributed by atoms with van der Waals surface area (Å²) >= 11 is 31.1. The van der Waals surface area contributed by atoms with Crippen LogP contribution in [0, 0.1) is 5.92 Å². The van der Waals surface area contributed by atoms with Crippen LogP contribution in [-0.2, 0) is 9.59 Å². The van der Waals surface area contributed by atoms with Gasteiger partial charge in [0.15, 0.2) is 0 Å². The maximum Gasteiger partial charge on any atom is 0.471 e. The minimum Gasteiger partial charge on any atom is -0.326 e. The van der Waals surface area contributed by atoms with Gasteiger partial charge in [0.2, 0.25) is 5.91 Å². The monoisotopic (exact) mass is 651 g/mol. The molecule has 14 heteroatoms. The van der Waals surface area contributed by atoms with Gasteiger partial charge in [0.25, 0.3) is 5.91 Å². The number of amides is 3. The van der Waals surface area contributed by atoms with Crippen LogP contribution in [0.1, 0.15) is 21.8 Å². The molecule has 3 amide bonds. The molecular weight excluding hydrogens is 637 g/mol. The molecule has 0 aromatic heterocycles. The molecule has 0 radical (unpaired) electrons. The Kier molecular flexibility index (Phi) is 8.55. The van der Waals surface area contributed by atoms with E-state index in [2.05, 4.69) is 10.6 Å². The number of halogens is 8. The smallest absolute Gasteiger partial charge is 0.326 e. The van der Waals surface area contributed by atoms with Gasteiger partial charge in [-0.25, -0.2) is 0 Å². The van der Waals surface area contributed by atoms with Crippen molar-refractivity contribution in [2.75, 3.05) is 22.6 Å². The number of hydrogen-bond donors (Lipinski definition) is 2. The number of anilines is 3. The molecule has 4 rings (SSSR count). The zero-order valence-electron chi connectivity index (χ0n) is 20.1. The van der Waals surface area contributed by atoms with Crippen molar-refractivity contribution in [2.24, 2.45) is 5.92 Å². The highest BCUT2D eigenvalue weighted by Crippen LogP contribution is 2.65. The van der Waals surface area contributed by atoms with Gasteiger partial charge in [0.05, 0.1) is 16.5 Å². The van der Waals surface area contributed by atoms with Crippen LogP contribution in [0.4, 0.5) is 30.2 Å². The Bertz CT molecular complexity index is 1480. The summed E-state index contributed by atoms with van der Waals surface area (Å²) in [5, 5.41) is 6.04. The summed E-state index contributed by atoms with van der Waals surface area (Å²) in [6.45, 7) is 0. The number of carbonyl (C=O) groups is 3. The third-order valence-electron chi connectivity index (χ3n) is 6.12. The molecule has 2 atom stereocenters. The Morgan fingerprint density at radius 2 is 1.43 bits per heavy atom. The molecule has 0 saturated heterocycles. The van der Waals surface area contributed by atoms with Gasteiger partial charge < -0.3 is 15.5 Å². The Hall–Kier alpha value is -2.69. The zero-order chi connectivity index (χ0) is 29.6. The van der Waals surface area contributed by atoms with Crippen molar-refractivity contribution >= 4 is 92.8 Å². The summed E-state index contributed by atoms with van der Waals surface area (Å²) in [5.41, 5.74) is 1.03. The molecular formula is C26H17Cl5F3N3O3. The molecule has 40 heavy (non-hydrogen) atoms. The van der Waals surface area contributed by atoms with Gasteiger partial charge in [-0.05, 0) is 66.2 Å². The van der Waals surface area contributed by atoms with Crippen molar-refractivity contribution in [1.29, 1.82) is 0 Å². The number of hydrogen-bond acceptors (Lipinski definition) is 3. The van der Waals surface area contributed by atoms with E-state index in [0.29, 0.717) is 20.5 Å². The van der Waals surface area contributed by atoms with Gasteiger partial charge in [-0.1, -0.05) is 34.8 Å². The Labute approximate surface area is 251 Å². The molecule has 1 aliphatic carbocycles. The van der Waals surface area contributed by atoms with Crippen molar-refractivity contribution < 1.29 is 27.6 Å². The zero-order valence-corrected chi connectivity index (χ0v) is 23.9. The van der Waals surface area contributed by atoms with Crippen LogP contribution < -0.4 is 15.5 Å². The second-order valence-corrected chi connectivity index (χ2v) is 11.6. The molecule has 3 aromatic rings.